The second-order valence-corrected chi connectivity index (χ2v) is 8.44. The lowest BCUT2D eigenvalue weighted by Gasteiger charge is -2.17. The predicted octanol–water partition coefficient (Wildman–Crippen LogP) is 5.57. The smallest absolute Gasteiger partial charge is 0.164 e. The zero-order valence-corrected chi connectivity index (χ0v) is 20.6. The highest BCUT2D eigenvalue weighted by Gasteiger charge is 2.14. The molecule has 0 radical (unpaired) electrons. The van der Waals surface area contributed by atoms with Crippen LogP contribution in [0, 0.1) is 0 Å². The summed E-state index contributed by atoms with van der Waals surface area (Å²) in [6.07, 6.45) is 10.7. The van der Waals surface area contributed by atoms with Crippen molar-refractivity contribution < 1.29 is 9.47 Å². The Morgan fingerprint density at radius 2 is 1.34 bits per heavy atom. The summed E-state index contributed by atoms with van der Waals surface area (Å²) in [6.45, 7) is 6.53. The van der Waals surface area contributed by atoms with E-state index in [1.165, 1.54) is 55.2 Å². The van der Waals surface area contributed by atoms with Crippen molar-refractivity contribution >= 4 is 0 Å². The Morgan fingerprint density at radius 3 is 1.97 bits per heavy atom. The molecule has 0 amide bonds. The Bertz CT molecular complexity index is 734. The van der Waals surface area contributed by atoms with Gasteiger partial charge in [0.2, 0.25) is 0 Å². The van der Waals surface area contributed by atoms with Gasteiger partial charge >= 0.3 is 0 Å². The van der Waals surface area contributed by atoms with E-state index in [1.807, 2.05) is 6.07 Å². The molecule has 4 heteroatoms. The average Bonchev–Trinajstić information content (AvgIpc) is 2.83. The molecule has 0 heterocycles. The van der Waals surface area contributed by atoms with Crippen LogP contribution in [0.2, 0.25) is 0 Å². The first-order valence-corrected chi connectivity index (χ1v) is 12.5. The van der Waals surface area contributed by atoms with Crippen molar-refractivity contribution in [2.75, 3.05) is 40.4 Å². The van der Waals surface area contributed by atoms with E-state index >= 15 is 0 Å². The maximum Gasteiger partial charge on any atom is 0.164 e. The second-order valence-electron chi connectivity index (χ2n) is 8.44. The minimum atomic E-state index is 0.838. The van der Waals surface area contributed by atoms with Crippen molar-refractivity contribution in [1.82, 2.24) is 10.6 Å². The molecule has 0 atom stereocenters. The van der Waals surface area contributed by atoms with Gasteiger partial charge in [0.05, 0.1) is 14.2 Å². The number of hydrogen-bond acceptors (Lipinski definition) is 4. The fraction of sp³-hybridized carbons (Fsp3) is 0.571. The molecule has 178 valence electrons. The molecule has 0 aliphatic heterocycles. The highest BCUT2D eigenvalue weighted by molar-refractivity contribution is 5.51. The third-order valence-electron chi connectivity index (χ3n) is 5.99. The van der Waals surface area contributed by atoms with Crippen molar-refractivity contribution in [3.63, 3.8) is 0 Å². The third-order valence-corrected chi connectivity index (χ3v) is 5.99. The maximum absolute atomic E-state index is 5.68. The highest BCUT2D eigenvalue weighted by atomic mass is 16.5. The largest absolute Gasteiger partial charge is 0.493 e. The summed E-state index contributed by atoms with van der Waals surface area (Å²) >= 11 is 0. The van der Waals surface area contributed by atoms with E-state index in [0.29, 0.717) is 0 Å². The van der Waals surface area contributed by atoms with E-state index in [1.54, 1.807) is 14.2 Å². The first-order valence-electron chi connectivity index (χ1n) is 12.5. The van der Waals surface area contributed by atoms with Gasteiger partial charge < -0.3 is 20.1 Å². The first kappa shape index (κ1) is 26.2. The molecule has 0 unspecified atom stereocenters. The maximum atomic E-state index is 5.68. The van der Waals surface area contributed by atoms with Crippen molar-refractivity contribution in [2.45, 2.75) is 64.7 Å². The zero-order chi connectivity index (χ0) is 22.9. The Kier molecular flexibility index (Phi) is 13.6. The fourth-order valence-corrected chi connectivity index (χ4v) is 4.10. The van der Waals surface area contributed by atoms with E-state index in [4.69, 9.17) is 9.47 Å². The highest BCUT2D eigenvalue weighted by Crippen LogP contribution is 2.34. The van der Waals surface area contributed by atoms with Gasteiger partial charge in [-0.25, -0.2) is 0 Å². The molecule has 0 saturated carbocycles. The minimum Gasteiger partial charge on any atom is -0.493 e. The molecule has 0 spiro atoms. The van der Waals surface area contributed by atoms with Crippen LogP contribution in [0.4, 0.5) is 0 Å². The van der Waals surface area contributed by atoms with Crippen LogP contribution in [0.15, 0.2) is 42.5 Å². The normalized spacial score (nSPS) is 11.0. The Labute approximate surface area is 196 Å². The van der Waals surface area contributed by atoms with Crippen LogP contribution in [-0.4, -0.2) is 40.4 Å². The topological polar surface area (TPSA) is 42.5 Å². The van der Waals surface area contributed by atoms with E-state index in [2.05, 4.69) is 54.0 Å². The van der Waals surface area contributed by atoms with Gasteiger partial charge in [-0.15, -0.1) is 0 Å². The third kappa shape index (κ3) is 9.62. The molecule has 32 heavy (non-hydrogen) atoms. The van der Waals surface area contributed by atoms with E-state index in [0.717, 1.165) is 56.9 Å². The fourth-order valence-electron chi connectivity index (χ4n) is 4.10. The van der Waals surface area contributed by atoms with Crippen LogP contribution in [0.5, 0.6) is 11.5 Å². The molecule has 0 aromatic heterocycles. The van der Waals surface area contributed by atoms with Gasteiger partial charge in [-0.2, -0.15) is 0 Å². The standard InChI is InChI=1S/C28H44N2O2/c1-4-5-15-26-25(16-17-27(31-2)28(26)32-3)19-23-30-21-12-7-6-11-20-29-22-18-24-13-9-8-10-14-24/h8-10,13-14,16-17,29-30H,4-7,11-12,15,18-23H2,1-3H3. The van der Waals surface area contributed by atoms with Crippen LogP contribution in [0.1, 0.15) is 62.1 Å². The van der Waals surface area contributed by atoms with Crippen molar-refractivity contribution in [3.8, 4) is 11.5 Å². The average molecular weight is 441 g/mol. The van der Waals surface area contributed by atoms with Crippen molar-refractivity contribution in [1.29, 1.82) is 0 Å². The van der Waals surface area contributed by atoms with Gasteiger partial charge in [0.1, 0.15) is 0 Å². The molecule has 2 aromatic rings. The molecule has 0 aliphatic rings. The van der Waals surface area contributed by atoms with Crippen LogP contribution in [0.25, 0.3) is 0 Å². The van der Waals surface area contributed by atoms with Gasteiger partial charge in [0, 0.05) is 5.56 Å². The molecule has 4 nitrogen and oxygen atoms in total. The van der Waals surface area contributed by atoms with Gasteiger partial charge in [0.15, 0.2) is 11.5 Å². The number of hydrogen-bond donors (Lipinski definition) is 2. The quantitative estimate of drug-likeness (QED) is 0.297. The molecule has 0 fully saturated rings. The summed E-state index contributed by atoms with van der Waals surface area (Å²) < 4.78 is 11.2. The molecular weight excluding hydrogens is 396 g/mol. The summed E-state index contributed by atoms with van der Waals surface area (Å²) in [6, 6.07) is 15.0. The monoisotopic (exact) mass is 440 g/mol. The van der Waals surface area contributed by atoms with Crippen molar-refractivity contribution in [2.24, 2.45) is 0 Å². The Balaban J connectivity index is 1.55. The Hall–Kier alpha value is -2.04. The number of unbranched alkanes of at least 4 members (excludes halogenated alkanes) is 4. The first-order chi connectivity index (χ1) is 15.8. The van der Waals surface area contributed by atoms with E-state index in [9.17, 15) is 0 Å². The van der Waals surface area contributed by atoms with Crippen LogP contribution >= 0.6 is 0 Å². The van der Waals surface area contributed by atoms with Crippen LogP contribution in [-0.2, 0) is 19.3 Å². The molecule has 0 aliphatic carbocycles. The SMILES string of the molecule is CCCCc1c(CCNCCCCCCNCCc2ccccc2)ccc(OC)c1OC. The molecule has 0 bridgehead atoms. The molecule has 2 N–H and O–H groups in total. The lowest BCUT2D eigenvalue weighted by molar-refractivity contribution is 0.350. The van der Waals surface area contributed by atoms with E-state index < -0.39 is 0 Å². The lowest BCUT2D eigenvalue weighted by atomic mass is 9.98. The summed E-state index contributed by atoms with van der Waals surface area (Å²) in [5.41, 5.74) is 4.11. The number of nitrogens with one attached hydrogen (secondary N) is 2. The lowest BCUT2D eigenvalue weighted by Crippen LogP contribution is -2.20. The summed E-state index contributed by atoms with van der Waals surface area (Å²) in [5, 5.41) is 7.19. The number of benzene rings is 2. The zero-order valence-electron chi connectivity index (χ0n) is 20.6. The van der Waals surface area contributed by atoms with Crippen LogP contribution in [0.3, 0.4) is 0 Å². The molecule has 2 aromatic carbocycles. The van der Waals surface area contributed by atoms with Crippen LogP contribution < -0.4 is 20.1 Å². The molecular formula is C28H44N2O2. The van der Waals surface area contributed by atoms with Gasteiger partial charge in [-0.1, -0.05) is 62.6 Å². The predicted molar refractivity (Wildman–Crippen MR) is 136 cm³/mol. The summed E-state index contributed by atoms with van der Waals surface area (Å²) in [4.78, 5) is 0. The molecule has 0 saturated heterocycles. The molecule has 2 rings (SSSR count). The van der Waals surface area contributed by atoms with Gasteiger partial charge in [-0.3, -0.25) is 0 Å². The minimum absolute atomic E-state index is 0.838. The van der Waals surface area contributed by atoms with Crippen molar-refractivity contribution in [3.05, 3.63) is 59.2 Å². The number of rotatable bonds is 18. The van der Waals surface area contributed by atoms with E-state index in [-0.39, 0.29) is 0 Å². The number of ether oxygens (including phenoxy) is 2. The second kappa shape index (κ2) is 16.6. The summed E-state index contributed by atoms with van der Waals surface area (Å²) in [5.74, 6) is 1.75. The summed E-state index contributed by atoms with van der Waals surface area (Å²) in [7, 11) is 3.46. The van der Waals surface area contributed by atoms with Gasteiger partial charge in [0.25, 0.3) is 0 Å². The Morgan fingerprint density at radius 1 is 0.656 bits per heavy atom. The van der Waals surface area contributed by atoms with Gasteiger partial charge in [-0.05, 0) is 81.9 Å². The number of methoxy groups -OCH3 is 2.